The predicted octanol–water partition coefficient (Wildman–Crippen LogP) is 4.63. The molecule has 0 bridgehead atoms. The SMILES string of the molecule is CSC1CCC(Nc2nc3ccccc3cc2C)CC1. The van der Waals surface area contributed by atoms with E-state index in [0.29, 0.717) is 6.04 Å². The summed E-state index contributed by atoms with van der Waals surface area (Å²) in [5.74, 6) is 1.07. The van der Waals surface area contributed by atoms with Crippen molar-refractivity contribution in [1.82, 2.24) is 4.98 Å². The van der Waals surface area contributed by atoms with Crippen molar-refractivity contribution in [2.45, 2.75) is 43.9 Å². The van der Waals surface area contributed by atoms with Crippen LogP contribution in [0.2, 0.25) is 0 Å². The molecule has 0 unspecified atom stereocenters. The van der Waals surface area contributed by atoms with Gasteiger partial charge >= 0.3 is 0 Å². The molecular formula is C17H22N2S. The number of thioether (sulfide) groups is 1. The van der Waals surface area contributed by atoms with Crippen molar-refractivity contribution in [1.29, 1.82) is 0 Å². The molecule has 2 aromatic rings. The molecule has 20 heavy (non-hydrogen) atoms. The molecular weight excluding hydrogens is 264 g/mol. The summed E-state index contributed by atoms with van der Waals surface area (Å²) in [7, 11) is 0. The maximum Gasteiger partial charge on any atom is 0.129 e. The molecule has 0 aliphatic heterocycles. The van der Waals surface area contributed by atoms with Gasteiger partial charge in [-0.1, -0.05) is 18.2 Å². The topological polar surface area (TPSA) is 24.9 Å². The first kappa shape index (κ1) is 13.7. The molecule has 0 atom stereocenters. The summed E-state index contributed by atoms with van der Waals surface area (Å²) in [6, 6.07) is 11.2. The fraction of sp³-hybridized carbons (Fsp3) is 0.471. The second-order valence-corrected chi connectivity index (χ2v) is 6.84. The highest BCUT2D eigenvalue weighted by atomic mass is 32.2. The van der Waals surface area contributed by atoms with Gasteiger partial charge in [-0.2, -0.15) is 11.8 Å². The highest BCUT2D eigenvalue weighted by Crippen LogP contribution is 2.29. The molecule has 0 spiro atoms. The van der Waals surface area contributed by atoms with Crippen LogP contribution in [0, 0.1) is 6.92 Å². The number of fused-ring (bicyclic) bond motifs is 1. The number of anilines is 1. The van der Waals surface area contributed by atoms with Crippen molar-refractivity contribution >= 4 is 28.5 Å². The van der Waals surface area contributed by atoms with E-state index in [-0.39, 0.29) is 0 Å². The summed E-state index contributed by atoms with van der Waals surface area (Å²) in [5, 5.41) is 5.75. The number of pyridine rings is 1. The average Bonchev–Trinajstić information content (AvgIpc) is 2.49. The predicted molar refractivity (Wildman–Crippen MR) is 89.7 cm³/mol. The van der Waals surface area contributed by atoms with Crippen LogP contribution >= 0.6 is 11.8 Å². The summed E-state index contributed by atoms with van der Waals surface area (Å²) in [6.07, 6.45) is 7.41. The highest BCUT2D eigenvalue weighted by molar-refractivity contribution is 7.99. The van der Waals surface area contributed by atoms with E-state index >= 15 is 0 Å². The van der Waals surface area contributed by atoms with Gasteiger partial charge < -0.3 is 5.32 Å². The molecule has 0 saturated heterocycles. The summed E-state index contributed by atoms with van der Waals surface area (Å²) >= 11 is 2.02. The van der Waals surface area contributed by atoms with E-state index in [4.69, 9.17) is 4.98 Å². The van der Waals surface area contributed by atoms with E-state index in [1.807, 2.05) is 11.8 Å². The first-order chi connectivity index (χ1) is 9.76. The molecule has 1 aliphatic rings. The van der Waals surface area contributed by atoms with Crippen LogP contribution in [-0.4, -0.2) is 22.5 Å². The van der Waals surface area contributed by atoms with Crippen molar-refractivity contribution in [3.05, 3.63) is 35.9 Å². The monoisotopic (exact) mass is 286 g/mol. The minimum atomic E-state index is 0.589. The molecule has 106 valence electrons. The average molecular weight is 286 g/mol. The van der Waals surface area contributed by atoms with Crippen LogP contribution in [-0.2, 0) is 0 Å². The highest BCUT2D eigenvalue weighted by Gasteiger charge is 2.21. The molecule has 0 radical (unpaired) electrons. The fourth-order valence-electron chi connectivity index (χ4n) is 3.00. The van der Waals surface area contributed by atoms with Crippen LogP contribution in [0.15, 0.2) is 30.3 Å². The number of aromatic nitrogens is 1. The Bertz CT molecular complexity index is 589. The third-order valence-electron chi connectivity index (χ3n) is 4.26. The molecule has 1 aliphatic carbocycles. The van der Waals surface area contributed by atoms with Gasteiger partial charge in [0.2, 0.25) is 0 Å². The zero-order valence-electron chi connectivity index (χ0n) is 12.2. The molecule has 3 heteroatoms. The summed E-state index contributed by atoms with van der Waals surface area (Å²) in [5.41, 5.74) is 2.33. The van der Waals surface area contributed by atoms with Crippen LogP contribution in [0.3, 0.4) is 0 Å². The third-order valence-corrected chi connectivity index (χ3v) is 5.40. The van der Waals surface area contributed by atoms with E-state index in [2.05, 4.69) is 48.8 Å². The Hall–Kier alpha value is -1.22. The number of nitrogens with one attached hydrogen (secondary N) is 1. The molecule has 1 fully saturated rings. The first-order valence-electron chi connectivity index (χ1n) is 7.42. The Morgan fingerprint density at radius 3 is 2.65 bits per heavy atom. The zero-order chi connectivity index (χ0) is 13.9. The molecule has 3 rings (SSSR count). The van der Waals surface area contributed by atoms with E-state index in [9.17, 15) is 0 Å². The Kier molecular flexibility index (Phi) is 4.16. The number of nitrogens with zero attached hydrogens (tertiary/aromatic N) is 1. The lowest BCUT2D eigenvalue weighted by molar-refractivity contribution is 0.472. The van der Waals surface area contributed by atoms with E-state index < -0.39 is 0 Å². The lowest BCUT2D eigenvalue weighted by Crippen LogP contribution is -2.27. The number of aryl methyl sites for hydroxylation is 1. The van der Waals surface area contributed by atoms with Crippen molar-refractivity contribution in [3.8, 4) is 0 Å². The van der Waals surface area contributed by atoms with Crippen LogP contribution in [0.5, 0.6) is 0 Å². The van der Waals surface area contributed by atoms with Crippen molar-refractivity contribution < 1.29 is 0 Å². The Balaban J connectivity index is 1.76. The van der Waals surface area contributed by atoms with Gasteiger partial charge in [-0.3, -0.25) is 0 Å². The minimum Gasteiger partial charge on any atom is -0.367 e. The van der Waals surface area contributed by atoms with Crippen LogP contribution in [0.25, 0.3) is 10.9 Å². The molecule has 2 nitrogen and oxygen atoms in total. The zero-order valence-corrected chi connectivity index (χ0v) is 13.0. The van der Waals surface area contributed by atoms with E-state index in [0.717, 1.165) is 16.6 Å². The lowest BCUT2D eigenvalue weighted by atomic mass is 9.95. The Labute approximate surface area is 125 Å². The summed E-state index contributed by atoms with van der Waals surface area (Å²) in [4.78, 5) is 4.79. The molecule has 1 heterocycles. The number of benzene rings is 1. The largest absolute Gasteiger partial charge is 0.367 e. The summed E-state index contributed by atoms with van der Waals surface area (Å²) < 4.78 is 0. The second kappa shape index (κ2) is 6.04. The van der Waals surface area contributed by atoms with Gasteiger partial charge in [-0.15, -0.1) is 0 Å². The van der Waals surface area contributed by atoms with E-state index in [1.54, 1.807) is 0 Å². The number of hydrogen-bond donors (Lipinski definition) is 1. The fourth-order valence-corrected chi connectivity index (χ4v) is 3.75. The normalized spacial score (nSPS) is 22.9. The molecule has 1 N–H and O–H groups in total. The van der Waals surface area contributed by atoms with Gasteiger partial charge in [0.25, 0.3) is 0 Å². The van der Waals surface area contributed by atoms with Crippen LogP contribution in [0.4, 0.5) is 5.82 Å². The third kappa shape index (κ3) is 2.93. The van der Waals surface area contributed by atoms with Crippen molar-refractivity contribution in [2.75, 3.05) is 11.6 Å². The van der Waals surface area contributed by atoms with Gasteiger partial charge in [0.05, 0.1) is 5.52 Å². The Morgan fingerprint density at radius 2 is 1.90 bits per heavy atom. The summed E-state index contributed by atoms with van der Waals surface area (Å²) in [6.45, 7) is 2.15. The Morgan fingerprint density at radius 1 is 1.15 bits per heavy atom. The van der Waals surface area contributed by atoms with Crippen molar-refractivity contribution in [2.24, 2.45) is 0 Å². The van der Waals surface area contributed by atoms with Gasteiger partial charge in [0.15, 0.2) is 0 Å². The van der Waals surface area contributed by atoms with E-state index in [1.165, 1.54) is 36.6 Å². The first-order valence-corrected chi connectivity index (χ1v) is 8.71. The quantitative estimate of drug-likeness (QED) is 0.890. The van der Waals surface area contributed by atoms with Gasteiger partial charge in [-0.25, -0.2) is 4.98 Å². The lowest BCUT2D eigenvalue weighted by Gasteiger charge is -2.28. The van der Waals surface area contributed by atoms with Crippen LogP contribution < -0.4 is 5.32 Å². The number of rotatable bonds is 3. The maximum absolute atomic E-state index is 4.79. The van der Waals surface area contributed by atoms with Gasteiger partial charge in [-0.05, 0) is 56.6 Å². The van der Waals surface area contributed by atoms with Crippen LogP contribution in [0.1, 0.15) is 31.2 Å². The number of para-hydroxylation sites is 1. The minimum absolute atomic E-state index is 0.589. The smallest absolute Gasteiger partial charge is 0.129 e. The van der Waals surface area contributed by atoms with Gasteiger partial charge in [0.1, 0.15) is 5.82 Å². The maximum atomic E-state index is 4.79. The second-order valence-electron chi connectivity index (χ2n) is 5.70. The van der Waals surface area contributed by atoms with Gasteiger partial charge in [0, 0.05) is 16.7 Å². The number of hydrogen-bond acceptors (Lipinski definition) is 3. The molecule has 1 saturated carbocycles. The molecule has 1 aromatic carbocycles. The molecule has 1 aromatic heterocycles. The molecule has 0 amide bonds. The standard InChI is InChI=1S/C17H22N2S/c1-12-11-13-5-3-4-6-16(13)19-17(12)18-14-7-9-15(20-2)10-8-14/h3-6,11,14-15H,7-10H2,1-2H3,(H,18,19). The van der Waals surface area contributed by atoms with Crippen molar-refractivity contribution in [3.63, 3.8) is 0 Å².